The molecule has 2 heterocycles. The van der Waals surface area contributed by atoms with E-state index in [4.69, 9.17) is 4.74 Å². The third-order valence-corrected chi connectivity index (χ3v) is 8.70. The van der Waals surface area contributed by atoms with Gasteiger partial charge >= 0.3 is 5.97 Å². The van der Waals surface area contributed by atoms with Crippen molar-refractivity contribution in [3.05, 3.63) is 47.5 Å². The van der Waals surface area contributed by atoms with Gasteiger partial charge in [0.05, 0.1) is 18.0 Å². The summed E-state index contributed by atoms with van der Waals surface area (Å²) >= 11 is 0. The number of anilines is 2. The molecule has 3 aliphatic rings. The van der Waals surface area contributed by atoms with Crippen LogP contribution < -0.4 is 14.8 Å². The van der Waals surface area contributed by atoms with E-state index in [0.717, 1.165) is 44.5 Å². The molecule has 3 N–H and O–H groups in total. The molecule has 1 saturated carbocycles. The lowest BCUT2D eigenvalue weighted by atomic mass is 10.0. The SMILES string of the molecule is CCN1CCC(CCNc2ccccc2S(=O)(=O)Nc2ccc3c(c2C(=O)O)OCC2CC32)C1. The van der Waals surface area contributed by atoms with Crippen LogP contribution in [0.15, 0.2) is 41.3 Å². The molecule has 0 bridgehead atoms. The van der Waals surface area contributed by atoms with Gasteiger partial charge in [0.2, 0.25) is 0 Å². The van der Waals surface area contributed by atoms with Crippen LogP contribution >= 0.6 is 0 Å². The molecular weight excluding hydrogens is 454 g/mol. The molecule has 2 aliphatic heterocycles. The number of likely N-dealkylation sites (tertiary alicyclic amines) is 1. The molecule has 0 aromatic heterocycles. The lowest BCUT2D eigenvalue weighted by Gasteiger charge is -2.21. The van der Waals surface area contributed by atoms with Crippen molar-refractivity contribution in [1.29, 1.82) is 0 Å². The normalized spacial score (nSPS) is 23.5. The van der Waals surface area contributed by atoms with Crippen molar-refractivity contribution in [3.8, 4) is 5.75 Å². The van der Waals surface area contributed by atoms with E-state index in [9.17, 15) is 18.3 Å². The molecule has 9 heteroatoms. The second-order valence-corrected chi connectivity index (χ2v) is 11.1. The predicted octanol–water partition coefficient (Wildman–Crippen LogP) is 3.83. The first-order valence-corrected chi connectivity index (χ1v) is 13.5. The van der Waals surface area contributed by atoms with Gasteiger partial charge in [0.15, 0.2) is 0 Å². The number of sulfonamides is 1. The number of carboxylic acids is 1. The second-order valence-electron chi connectivity index (χ2n) is 9.49. The van der Waals surface area contributed by atoms with Gasteiger partial charge in [0.25, 0.3) is 10.0 Å². The smallest absolute Gasteiger partial charge is 0.341 e. The average molecular weight is 486 g/mol. The van der Waals surface area contributed by atoms with Crippen LogP contribution in [0.1, 0.15) is 48.0 Å². The van der Waals surface area contributed by atoms with Crippen LogP contribution in [0, 0.1) is 11.8 Å². The Morgan fingerprint density at radius 2 is 2.03 bits per heavy atom. The Kier molecular flexibility index (Phi) is 6.16. The van der Waals surface area contributed by atoms with E-state index in [1.54, 1.807) is 30.3 Å². The minimum absolute atomic E-state index is 0.0192. The van der Waals surface area contributed by atoms with Gasteiger partial charge in [0.1, 0.15) is 16.2 Å². The maximum Gasteiger partial charge on any atom is 0.341 e. The topological polar surface area (TPSA) is 108 Å². The Morgan fingerprint density at radius 3 is 2.79 bits per heavy atom. The maximum absolute atomic E-state index is 13.3. The van der Waals surface area contributed by atoms with Crippen molar-refractivity contribution in [3.63, 3.8) is 0 Å². The monoisotopic (exact) mass is 485 g/mol. The van der Waals surface area contributed by atoms with Gasteiger partial charge in [0, 0.05) is 19.0 Å². The van der Waals surface area contributed by atoms with E-state index in [0.29, 0.717) is 36.6 Å². The van der Waals surface area contributed by atoms with Crippen molar-refractivity contribution in [2.24, 2.45) is 11.8 Å². The third-order valence-electron chi connectivity index (χ3n) is 7.27. The number of nitrogens with one attached hydrogen (secondary N) is 2. The van der Waals surface area contributed by atoms with Crippen LogP contribution in [0.4, 0.5) is 11.4 Å². The van der Waals surface area contributed by atoms with E-state index in [2.05, 4.69) is 21.9 Å². The number of nitrogens with zero attached hydrogens (tertiary/aromatic N) is 1. The van der Waals surface area contributed by atoms with Crippen molar-refractivity contribution in [2.45, 2.75) is 37.0 Å². The van der Waals surface area contributed by atoms with Crippen LogP contribution in [0.25, 0.3) is 0 Å². The molecule has 0 amide bonds. The molecule has 0 spiro atoms. The predicted molar refractivity (Wildman–Crippen MR) is 130 cm³/mol. The third kappa shape index (κ3) is 4.46. The summed E-state index contributed by atoms with van der Waals surface area (Å²) in [5, 5.41) is 13.2. The van der Waals surface area contributed by atoms with Gasteiger partial charge < -0.3 is 20.1 Å². The summed E-state index contributed by atoms with van der Waals surface area (Å²) in [6, 6.07) is 10.1. The van der Waals surface area contributed by atoms with Crippen LogP contribution in [0.3, 0.4) is 0 Å². The summed E-state index contributed by atoms with van der Waals surface area (Å²) in [4.78, 5) is 14.6. The fourth-order valence-corrected chi connectivity index (χ4v) is 6.50. The van der Waals surface area contributed by atoms with Crippen molar-refractivity contribution in [1.82, 2.24) is 4.90 Å². The highest BCUT2D eigenvalue weighted by atomic mass is 32.2. The molecule has 2 aromatic rings. The van der Waals surface area contributed by atoms with E-state index >= 15 is 0 Å². The molecule has 0 radical (unpaired) electrons. The number of carboxylic acid groups (broad SMARTS) is 1. The number of rotatable bonds is 9. The number of carbonyl (C=O) groups is 1. The molecule has 2 fully saturated rings. The van der Waals surface area contributed by atoms with E-state index in [1.165, 1.54) is 6.07 Å². The maximum atomic E-state index is 13.3. The molecule has 2 aromatic carbocycles. The number of fused-ring (bicyclic) bond motifs is 3. The molecule has 182 valence electrons. The molecule has 34 heavy (non-hydrogen) atoms. The fraction of sp³-hybridized carbons (Fsp3) is 0.480. The zero-order valence-corrected chi connectivity index (χ0v) is 20.1. The van der Waals surface area contributed by atoms with Gasteiger partial charge in [-0.2, -0.15) is 0 Å². The molecular formula is C25H31N3O5S. The largest absolute Gasteiger partial charge is 0.492 e. The summed E-state index contributed by atoms with van der Waals surface area (Å²) in [5.74, 6) is 0.424. The number of ether oxygens (including phenoxy) is 1. The molecule has 5 rings (SSSR count). The minimum Gasteiger partial charge on any atom is -0.492 e. The lowest BCUT2D eigenvalue weighted by Crippen LogP contribution is -2.21. The van der Waals surface area contributed by atoms with Crippen molar-refractivity contribution < 1.29 is 23.1 Å². The van der Waals surface area contributed by atoms with Crippen LogP contribution in [-0.2, 0) is 10.0 Å². The van der Waals surface area contributed by atoms with Gasteiger partial charge in [-0.15, -0.1) is 0 Å². The van der Waals surface area contributed by atoms with Gasteiger partial charge in [-0.05, 0) is 68.0 Å². The zero-order chi connectivity index (χ0) is 23.9. The molecule has 3 atom stereocenters. The quantitative estimate of drug-likeness (QED) is 0.495. The molecule has 1 aliphatic carbocycles. The summed E-state index contributed by atoms with van der Waals surface area (Å²) in [6.45, 7) is 6.57. The first-order valence-electron chi connectivity index (χ1n) is 12.0. The second kappa shape index (κ2) is 9.11. The fourth-order valence-electron chi connectivity index (χ4n) is 5.24. The highest BCUT2D eigenvalue weighted by Crippen LogP contribution is 2.55. The van der Waals surface area contributed by atoms with Crippen molar-refractivity contribution >= 4 is 27.4 Å². The van der Waals surface area contributed by atoms with Gasteiger partial charge in [-0.25, -0.2) is 13.2 Å². The number of para-hydroxylation sites is 1. The lowest BCUT2D eigenvalue weighted by molar-refractivity contribution is 0.0692. The number of hydrogen-bond donors (Lipinski definition) is 3. The summed E-state index contributed by atoms with van der Waals surface area (Å²) in [7, 11) is -4.03. The van der Waals surface area contributed by atoms with Gasteiger partial charge in [-0.1, -0.05) is 25.1 Å². The molecule has 8 nitrogen and oxygen atoms in total. The van der Waals surface area contributed by atoms with E-state index in [-0.39, 0.29) is 21.9 Å². The number of hydrogen-bond acceptors (Lipinski definition) is 6. The van der Waals surface area contributed by atoms with E-state index in [1.807, 2.05) is 0 Å². The highest BCUT2D eigenvalue weighted by Gasteiger charge is 2.45. The Hall–Kier alpha value is -2.78. The Labute approximate surface area is 200 Å². The van der Waals surface area contributed by atoms with Crippen molar-refractivity contribution in [2.75, 3.05) is 42.8 Å². The summed E-state index contributed by atoms with van der Waals surface area (Å²) in [6.07, 6.45) is 3.11. The van der Waals surface area contributed by atoms with Gasteiger partial charge in [-0.3, -0.25) is 4.72 Å². The highest BCUT2D eigenvalue weighted by molar-refractivity contribution is 7.92. The summed E-state index contributed by atoms with van der Waals surface area (Å²) in [5.41, 5.74) is 1.25. The van der Waals surface area contributed by atoms with Crippen LogP contribution in [-0.4, -0.2) is 57.2 Å². The Morgan fingerprint density at radius 1 is 1.21 bits per heavy atom. The first kappa shape index (κ1) is 23.0. The minimum atomic E-state index is -4.03. The summed E-state index contributed by atoms with van der Waals surface area (Å²) < 4.78 is 34.9. The first-order chi connectivity index (χ1) is 16.4. The number of benzene rings is 2. The standard InChI is InChI=1S/C25H31N3O5S/c1-2-28-12-10-16(14-28)9-11-26-20-5-3-4-6-22(20)34(31,32)27-21-8-7-18-19-13-17(19)15-33-24(18)23(21)25(29)30/h3-8,16-17,19,26-27H,2,9-15H2,1H3,(H,29,30). The average Bonchev–Trinajstić information content (AvgIpc) is 3.48. The molecule has 3 unspecified atom stereocenters. The van der Waals surface area contributed by atoms with Crippen LogP contribution in [0.5, 0.6) is 5.75 Å². The molecule has 1 saturated heterocycles. The van der Waals surface area contributed by atoms with Crippen LogP contribution in [0.2, 0.25) is 0 Å². The Bertz CT molecular complexity index is 1200. The number of aromatic carboxylic acids is 1. The Balaban J connectivity index is 1.34. The van der Waals surface area contributed by atoms with E-state index < -0.39 is 16.0 Å². The zero-order valence-electron chi connectivity index (χ0n) is 19.3.